The fourth-order valence-corrected chi connectivity index (χ4v) is 4.08. The Morgan fingerprint density at radius 2 is 1.77 bits per heavy atom. The summed E-state index contributed by atoms with van der Waals surface area (Å²) in [7, 11) is 3.22. The smallest absolute Gasteiger partial charge is 0.239 e. The summed E-state index contributed by atoms with van der Waals surface area (Å²) in [5.74, 6) is 1.14. The maximum absolute atomic E-state index is 13.0. The minimum atomic E-state index is -0.238. The number of methoxy groups -OCH3 is 2. The number of anilines is 1. The van der Waals surface area contributed by atoms with Crippen LogP contribution in [0.25, 0.3) is 0 Å². The largest absolute Gasteiger partial charge is 0.493 e. The van der Waals surface area contributed by atoms with Crippen molar-refractivity contribution in [3.05, 3.63) is 71.2 Å². The van der Waals surface area contributed by atoms with Gasteiger partial charge >= 0.3 is 0 Å². The molecule has 6 heteroatoms. The van der Waals surface area contributed by atoms with Gasteiger partial charge in [0.05, 0.1) is 26.2 Å². The van der Waals surface area contributed by atoms with Gasteiger partial charge in [0.1, 0.15) is 0 Å². The standard InChI is InChI=1S/C20H18N2O3S/c1-24-15-9-8-14(12-16(15)25-2)18-17(13-6-4-3-5-7-13)19(23)22(18)20-21-10-11-26-20/h3-12,17-18H,1-2H3. The average Bonchev–Trinajstić information content (AvgIpc) is 3.20. The molecule has 26 heavy (non-hydrogen) atoms. The molecule has 1 aliphatic heterocycles. The van der Waals surface area contributed by atoms with Gasteiger partial charge in [0.2, 0.25) is 5.91 Å². The van der Waals surface area contributed by atoms with Crippen molar-refractivity contribution in [2.75, 3.05) is 19.1 Å². The van der Waals surface area contributed by atoms with E-state index in [0.29, 0.717) is 16.6 Å². The first-order chi connectivity index (χ1) is 12.7. The number of β-lactam (4-membered cyclic amide) rings is 1. The van der Waals surface area contributed by atoms with Gasteiger partial charge in [-0.05, 0) is 23.3 Å². The van der Waals surface area contributed by atoms with Crippen LogP contribution in [0.4, 0.5) is 5.13 Å². The number of hydrogen-bond acceptors (Lipinski definition) is 5. The quantitative estimate of drug-likeness (QED) is 0.640. The van der Waals surface area contributed by atoms with Crippen molar-refractivity contribution in [2.24, 2.45) is 0 Å². The second-order valence-corrected chi connectivity index (χ2v) is 6.84. The zero-order valence-corrected chi connectivity index (χ0v) is 15.3. The van der Waals surface area contributed by atoms with E-state index in [1.807, 2.05) is 53.9 Å². The monoisotopic (exact) mass is 366 g/mol. The van der Waals surface area contributed by atoms with Crippen LogP contribution in [-0.4, -0.2) is 25.1 Å². The van der Waals surface area contributed by atoms with Crippen LogP contribution < -0.4 is 14.4 Å². The van der Waals surface area contributed by atoms with Crippen LogP contribution in [0.3, 0.4) is 0 Å². The van der Waals surface area contributed by atoms with E-state index >= 15 is 0 Å². The van der Waals surface area contributed by atoms with Crippen molar-refractivity contribution < 1.29 is 14.3 Å². The molecule has 4 rings (SSSR count). The van der Waals surface area contributed by atoms with E-state index in [2.05, 4.69) is 4.98 Å². The predicted molar refractivity (Wildman–Crippen MR) is 101 cm³/mol. The number of nitrogens with zero attached hydrogens (tertiary/aromatic N) is 2. The van der Waals surface area contributed by atoms with Crippen LogP contribution in [-0.2, 0) is 4.79 Å². The van der Waals surface area contributed by atoms with E-state index in [1.54, 1.807) is 25.3 Å². The van der Waals surface area contributed by atoms with E-state index in [0.717, 1.165) is 11.1 Å². The minimum Gasteiger partial charge on any atom is -0.493 e. The number of aromatic nitrogens is 1. The molecule has 1 saturated heterocycles. The zero-order valence-electron chi connectivity index (χ0n) is 14.5. The molecule has 1 aliphatic rings. The maximum atomic E-state index is 13.0. The predicted octanol–water partition coefficient (Wildman–Crippen LogP) is 4.03. The lowest BCUT2D eigenvalue weighted by Gasteiger charge is -2.46. The molecular formula is C20H18N2O3S. The number of benzene rings is 2. The summed E-state index contributed by atoms with van der Waals surface area (Å²) in [4.78, 5) is 19.1. The van der Waals surface area contributed by atoms with Gasteiger partial charge in [0.15, 0.2) is 16.6 Å². The Morgan fingerprint density at radius 3 is 2.42 bits per heavy atom. The third-order valence-electron chi connectivity index (χ3n) is 4.63. The molecule has 5 nitrogen and oxygen atoms in total. The van der Waals surface area contributed by atoms with Crippen LogP contribution in [0.1, 0.15) is 23.1 Å². The topological polar surface area (TPSA) is 51.7 Å². The van der Waals surface area contributed by atoms with Crippen molar-refractivity contribution in [1.29, 1.82) is 0 Å². The van der Waals surface area contributed by atoms with E-state index in [-0.39, 0.29) is 17.9 Å². The third-order valence-corrected chi connectivity index (χ3v) is 5.40. The van der Waals surface area contributed by atoms with Crippen LogP contribution in [0.15, 0.2) is 60.1 Å². The molecule has 132 valence electrons. The second kappa shape index (κ2) is 6.80. The number of rotatable bonds is 5. The molecule has 0 radical (unpaired) electrons. The molecule has 2 heterocycles. The number of carbonyl (C=O) groups is 1. The molecule has 3 aromatic rings. The molecule has 0 aliphatic carbocycles. The fraction of sp³-hybridized carbons (Fsp3) is 0.200. The number of amides is 1. The van der Waals surface area contributed by atoms with E-state index < -0.39 is 0 Å². The van der Waals surface area contributed by atoms with E-state index in [4.69, 9.17) is 9.47 Å². The van der Waals surface area contributed by atoms with Crippen molar-refractivity contribution in [3.8, 4) is 11.5 Å². The van der Waals surface area contributed by atoms with Gasteiger partial charge in [0.25, 0.3) is 0 Å². The first-order valence-corrected chi connectivity index (χ1v) is 9.12. The summed E-state index contributed by atoms with van der Waals surface area (Å²) < 4.78 is 10.8. The van der Waals surface area contributed by atoms with Gasteiger partial charge in [-0.1, -0.05) is 36.4 Å². The highest BCUT2D eigenvalue weighted by atomic mass is 32.1. The molecule has 0 spiro atoms. The molecule has 2 unspecified atom stereocenters. The molecule has 1 amide bonds. The van der Waals surface area contributed by atoms with Crippen LogP contribution in [0.5, 0.6) is 11.5 Å². The van der Waals surface area contributed by atoms with Gasteiger partial charge in [0, 0.05) is 11.6 Å². The summed E-state index contributed by atoms with van der Waals surface area (Å²) in [6.45, 7) is 0. The Hall–Kier alpha value is -2.86. The minimum absolute atomic E-state index is 0.0611. The summed E-state index contributed by atoms with van der Waals surface area (Å²) in [6.07, 6.45) is 1.72. The lowest BCUT2D eigenvalue weighted by atomic mass is 9.78. The Labute approximate surface area is 155 Å². The molecular weight excluding hydrogens is 348 g/mol. The third kappa shape index (κ3) is 2.63. The van der Waals surface area contributed by atoms with Crippen LogP contribution >= 0.6 is 11.3 Å². The number of carbonyl (C=O) groups excluding carboxylic acids is 1. The van der Waals surface area contributed by atoms with Gasteiger partial charge in [-0.25, -0.2) is 4.98 Å². The molecule has 1 aromatic heterocycles. The summed E-state index contributed by atoms with van der Waals surface area (Å²) >= 11 is 1.46. The summed E-state index contributed by atoms with van der Waals surface area (Å²) in [5.41, 5.74) is 2.00. The Balaban J connectivity index is 1.79. The highest BCUT2D eigenvalue weighted by Crippen LogP contribution is 2.50. The normalized spacial score (nSPS) is 19.2. The molecule has 0 bridgehead atoms. The van der Waals surface area contributed by atoms with Crippen LogP contribution in [0.2, 0.25) is 0 Å². The van der Waals surface area contributed by atoms with E-state index in [9.17, 15) is 4.79 Å². The molecule has 2 atom stereocenters. The maximum Gasteiger partial charge on any atom is 0.239 e. The van der Waals surface area contributed by atoms with Crippen molar-refractivity contribution >= 4 is 22.4 Å². The lowest BCUT2D eigenvalue weighted by Crippen LogP contribution is -2.53. The zero-order chi connectivity index (χ0) is 18.1. The van der Waals surface area contributed by atoms with Gasteiger partial charge < -0.3 is 9.47 Å². The SMILES string of the molecule is COc1ccc(C2C(c3ccccc3)C(=O)N2c2nccs2)cc1OC. The molecule has 0 saturated carbocycles. The highest BCUT2D eigenvalue weighted by Gasteiger charge is 2.50. The Bertz CT molecular complexity index is 912. The lowest BCUT2D eigenvalue weighted by molar-refractivity contribution is -0.126. The summed E-state index contributed by atoms with van der Waals surface area (Å²) in [5, 5.41) is 2.59. The van der Waals surface area contributed by atoms with Crippen molar-refractivity contribution in [1.82, 2.24) is 4.98 Å². The number of hydrogen-bond donors (Lipinski definition) is 0. The first-order valence-electron chi connectivity index (χ1n) is 8.24. The average molecular weight is 366 g/mol. The summed E-state index contributed by atoms with van der Waals surface area (Å²) in [6, 6.07) is 15.5. The molecule has 0 N–H and O–H groups in total. The Morgan fingerprint density at radius 1 is 1.00 bits per heavy atom. The van der Waals surface area contributed by atoms with Crippen molar-refractivity contribution in [3.63, 3.8) is 0 Å². The number of thiazole rings is 1. The van der Waals surface area contributed by atoms with Gasteiger partial charge in [-0.3, -0.25) is 9.69 Å². The van der Waals surface area contributed by atoms with E-state index in [1.165, 1.54) is 11.3 Å². The molecule has 1 fully saturated rings. The van der Waals surface area contributed by atoms with Gasteiger partial charge in [-0.15, -0.1) is 11.3 Å². The van der Waals surface area contributed by atoms with Crippen LogP contribution in [0, 0.1) is 0 Å². The second-order valence-electron chi connectivity index (χ2n) is 5.97. The fourth-order valence-electron chi connectivity index (χ4n) is 3.40. The number of ether oxygens (including phenoxy) is 2. The first kappa shape index (κ1) is 16.6. The van der Waals surface area contributed by atoms with Gasteiger partial charge in [-0.2, -0.15) is 0 Å². The molecule has 2 aromatic carbocycles. The van der Waals surface area contributed by atoms with Crippen molar-refractivity contribution in [2.45, 2.75) is 12.0 Å². The highest BCUT2D eigenvalue weighted by molar-refractivity contribution is 7.13. The Kier molecular flexibility index (Phi) is 4.34.